The third-order valence-electron chi connectivity index (χ3n) is 4.05. The number of aliphatic carboxylic acids is 1. The minimum atomic E-state index is -0.718. The summed E-state index contributed by atoms with van der Waals surface area (Å²) >= 11 is 3.42. The van der Waals surface area contributed by atoms with E-state index < -0.39 is 5.97 Å². The van der Waals surface area contributed by atoms with E-state index in [-0.39, 0.29) is 17.7 Å². The van der Waals surface area contributed by atoms with Crippen molar-refractivity contribution in [3.63, 3.8) is 0 Å². The lowest BCUT2D eigenvalue weighted by Crippen LogP contribution is -2.31. The van der Waals surface area contributed by atoms with E-state index in [4.69, 9.17) is 0 Å². The maximum Gasteiger partial charge on any atom is 0.306 e. The van der Waals surface area contributed by atoms with Crippen molar-refractivity contribution >= 4 is 21.9 Å². The van der Waals surface area contributed by atoms with Crippen LogP contribution in [0.3, 0.4) is 0 Å². The second-order valence-electron chi connectivity index (χ2n) is 5.56. The Hall–Kier alpha value is -0.900. The molecule has 1 fully saturated rings. The Labute approximate surface area is 121 Å². The molecule has 0 aromatic heterocycles. The summed E-state index contributed by atoms with van der Waals surface area (Å²) in [7, 11) is 0. The van der Waals surface area contributed by atoms with Gasteiger partial charge >= 0.3 is 5.97 Å². The van der Waals surface area contributed by atoms with Gasteiger partial charge in [0, 0.05) is 4.47 Å². The van der Waals surface area contributed by atoms with E-state index in [0.717, 1.165) is 29.3 Å². The Kier molecular flexibility index (Phi) is 4.61. The quantitative estimate of drug-likeness (QED) is 0.899. The first-order chi connectivity index (χ1) is 8.97. The Morgan fingerprint density at radius 2 is 2.21 bits per heavy atom. The topological polar surface area (TPSA) is 37.3 Å². The van der Waals surface area contributed by atoms with Crippen molar-refractivity contribution in [3.8, 4) is 0 Å². The largest absolute Gasteiger partial charge is 0.481 e. The van der Waals surface area contributed by atoms with Crippen molar-refractivity contribution < 1.29 is 14.3 Å². The van der Waals surface area contributed by atoms with Crippen LogP contribution in [0.5, 0.6) is 0 Å². The molecular formula is C15H18BrFO2. The number of carbonyl (C=O) groups is 1. The van der Waals surface area contributed by atoms with E-state index in [1.165, 1.54) is 12.1 Å². The molecule has 0 saturated heterocycles. The van der Waals surface area contributed by atoms with E-state index in [1.54, 1.807) is 6.07 Å². The Bertz CT molecular complexity index is 475. The molecule has 4 heteroatoms. The van der Waals surface area contributed by atoms with Gasteiger partial charge in [-0.2, -0.15) is 0 Å². The molecule has 0 amide bonds. The monoisotopic (exact) mass is 328 g/mol. The summed E-state index contributed by atoms with van der Waals surface area (Å²) in [6, 6.07) is 4.60. The van der Waals surface area contributed by atoms with Crippen LogP contribution in [0.25, 0.3) is 0 Å². The fraction of sp³-hybridized carbons (Fsp3) is 0.533. The molecule has 3 atom stereocenters. The number of carboxylic acid groups (broad SMARTS) is 1. The number of carboxylic acids is 1. The van der Waals surface area contributed by atoms with Crippen LogP contribution < -0.4 is 0 Å². The molecule has 2 nitrogen and oxygen atoms in total. The number of benzene rings is 1. The lowest BCUT2D eigenvalue weighted by molar-refractivity contribution is -0.145. The number of halogens is 2. The molecule has 1 aliphatic carbocycles. The first-order valence-corrected chi connectivity index (χ1v) is 7.43. The lowest BCUT2D eigenvalue weighted by Gasteiger charge is -2.32. The summed E-state index contributed by atoms with van der Waals surface area (Å²) in [4.78, 5) is 11.3. The normalized spacial score (nSPS) is 27.2. The van der Waals surface area contributed by atoms with Crippen molar-refractivity contribution in [1.29, 1.82) is 0 Å². The highest BCUT2D eigenvalue weighted by molar-refractivity contribution is 9.10. The van der Waals surface area contributed by atoms with E-state index in [9.17, 15) is 14.3 Å². The molecule has 3 unspecified atom stereocenters. The first-order valence-electron chi connectivity index (χ1n) is 6.64. The zero-order valence-electron chi connectivity index (χ0n) is 10.9. The summed E-state index contributed by atoms with van der Waals surface area (Å²) in [6.07, 6.45) is 3.23. The second kappa shape index (κ2) is 6.04. The van der Waals surface area contributed by atoms with E-state index >= 15 is 0 Å². The van der Waals surface area contributed by atoms with Crippen molar-refractivity contribution in [2.45, 2.75) is 32.6 Å². The molecule has 0 spiro atoms. The summed E-state index contributed by atoms with van der Waals surface area (Å²) in [5, 5.41) is 9.31. The Morgan fingerprint density at radius 1 is 1.47 bits per heavy atom. The van der Waals surface area contributed by atoms with Gasteiger partial charge in [-0.3, -0.25) is 4.79 Å². The predicted octanol–water partition coefficient (Wildman–Crippen LogP) is 4.27. The molecule has 0 aliphatic heterocycles. The van der Waals surface area contributed by atoms with Crippen LogP contribution in [0.2, 0.25) is 0 Å². The maximum absolute atomic E-state index is 13.3. The van der Waals surface area contributed by atoms with Crippen LogP contribution in [0.4, 0.5) is 4.39 Å². The number of rotatable bonds is 3. The summed E-state index contributed by atoms with van der Waals surface area (Å²) < 4.78 is 14.2. The summed E-state index contributed by atoms with van der Waals surface area (Å²) in [5.74, 6) is -0.642. The highest BCUT2D eigenvalue weighted by atomic mass is 79.9. The summed E-state index contributed by atoms with van der Waals surface area (Å²) in [6.45, 7) is 2.16. The molecular weight excluding hydrogens is 311 g/mol. The molecule has 1 aliphatic rings. The highest BCUT2D eigenvalue weighted by Gasteiger charge is 2.33. The zero-order chi connectivity index (χ0) is 14.0. The zero-order valence-corrected chi connectivity index (χ0v) is 12.5. The van der Waals surface area contributed by atoms with Gasteiger partial charge < -0.3 is 5.11 Å². The minimum Gasteiger partial charge on any atom is -0.481 e. The maximum atomic E-state index is 13.3. The second-order valence-corrected chi connectivity index (χ2v) is 6.42. The predicted molar refractivity (Wildman–Crippen MR) is 75.4 cm³/mol. The molecule has 0 heterocycles. The van der Waals surface area contributed by atoms with Gasteiger partial charge in [0.05, 0.1) is 5.92 Å². The first kappa shape index (κ1) is 14.5. The van der Waals surface area contributed by atoms with Crippen LogP contribution in [0.1, 0.15) is 31.7 Å². The summed E-state index contributed by atoms with van der Waals surface area (Å²) in [5.41, 5.74) is 0.866. The van der Waals surface area contributed by atoms with Crippen LogP contribution >= 0.6 is 15.9 Å². The lowest BCUT2D eigenvalue weighted by atomic mass is 9.72. The van der Waals surface area contributed by atoms with E-state index in [1.807, 2.05) is 0 Å². The van der Waals surface area contributed by atoms with Gasteiger partial charge in [-0.1, -0.05) is 22.9 Å². The van der Waals surface area contributed by atoms with Gasteiger partial charge in [0.15, 0.2) is 0 Å². The fourth-order valence-corrected chi connectivity index (χ4v) is 3.44. The molecule has 1 N–H and O–H groups in total. The van der Waals surface area contributed by atoms with Crippen LogP contribution in [-0.4, -0.2) is 11.1 Å². The fourth-order valence-electron chi connectivity index (χ4n) is 3.03. The highest BCUT2D eigenvalue weighted by Crippen LogP contribution is 2.37. The average Bonchev–Trinajstić information content (AvgIpc) is 2.33. The van der Waals surface area contributed by atoms with Crippen LogP contribution in [0, 0.1) is 23.6 Å². The van der Waals surface area contributed by atoms with Crippen molar-refractivity contribution in [3.05, 3.63) is 34.1 Å². The van der Waals surface area contributed by atoms with Gasteiger partial charge in [-0.05, 0) is 61.3 Å². The van der Waals surface area contributed by atoms with E-state index in [0.29, 0.717) is 12.3 Å². The molecule has 0 radical (unpaired) electrons. The third kappa shape index (κ3) is 3.56. The minimum absolute atomic E-state index is 0.0966. The van der Waals surface area contributed by atoms with Crippen molar-refractivity contribution in [2.24, 2.45) is 17.8 Å². The van der Waals surface area contributed by atoms with Gasteiger partial charge in [0.1, 0.15) is 5.82 Å². The SMILES string of the molecule is CC1CCC(C(=O)O)C(Cc2cc(F)ccc2Br)C1. The number of hydrogen-bond donors (Lipinski definition) is 1. The number of hydrogen-bond acceptors (Lipinski definition) is 1. The standard InChI is InChI=1S/C15H18BrFO2/c1-9-2-4-13(15(18)19)10(6-9)7-11-8-12(17)3-5-14(11)16/h3,5,8-10,13H,2,4,6-7H2,1H3,(H,18,19). The Balaban J connectivity index is 2.18. The smallest absolute Gasteiger partial charge is 0.306 e. The van der Waals surface area contributed by atoms with Crippen molar-refractivity contribution in [1.82, 2.24) is 0 Å². The van der Waals surface area contributed by atoms with Crippen molar-refractivity contribution in [2.75, 3.05) is 0 Å². The molecule has 1 aromatic rings. The molecule has 1 saturated carbocycles. The van der Waals surface area contributed by atoms with Crippen LogP contribution in [0.15, 0.2) is 22.7 Å². The average molecular weight is 329 g/mol. The molecule has 104 valence electrons. The molecule has 1 aromatic carbocycles. The third-order valence-corrected chi connectivity index (χ3v) is 4.83. The Morgan fingerprint density at radius 3 is 2.89 bits per heavy atom. The molecule has 2 rings (SSSR count). The van der Waals surface area contributed by atoms with Gasteiger partial charge in [0.2, 0.25) is 0 Å². The molecule has 19 heavy (non-hydrogen) atoms. The van der Waals surface area contributed by atoms with Crippen LogP contribution in [-0.2, 0) is 11.2 Å². The van der Waals surface area contributed by atoms with Gasteiger partial charge in [-0.15, -0.1) is 0 Å². The van der Waals surface area contributed by atoms with Gasteiger partial charge in [0.25, 0.3) is 0 Å². The van der Waals surface area contributed by atoms with Gasteiger partial charge in [-0.25, -0.2) is 4.39 Å². The molecule has 0 bridgehead atoms. The van der Waals surface area contributed by atoms with E-state index in [2.05, 4.69) is 22.9 Å².